The van der Waals surface area contributed by atoms with Crippen LogP contribution in [0, 0.1) is 0 Å². The Morgan fingerprint density at radius 1 is 1.61 bits per heavy atom. The van der Waals surface area contributed by atoms with Crippen molar-refractivity contribution in [3.05, 3.63) is 44.8 Å². The molecule has 0 amide bonds. The lowest BCUT2D eigenvalue weighted by atomic mass is 10.2. The van der Waals surface area contributed by atoms with Gasteiger partial charge in [-0.25, -0.2) is 14.3 Å². The molecule has 94 valence electrons. The number of aliphatic carboxylic acids is 1. The molecule has 0 bridgehead atoms. The van der Waals surface area contributed by atoms with E-state index < -0.39 is 5.97 Å². The third kappa shape index (κ3) is 2.57. The van der Waals surface area contributed by atoms with Gasteiger partial charge in [-0.3, -0.25) is 4.57 Å². The molecule has 2 rings (SSSR count). The SMILES string of the molecule is Cn1cnn(Cc2sccc2/C=C/C(=O)O)c1=O. The van der Waals surface area contributed by atoms with Crippen molar-refractivity contribution in [1.82, 2.24) is 14.3 Å². The van der Waals surface area contributed by atoms with Crippen molar-refractivity contribution in [2.45, 2.75) is 6.54 Å². The minimum atomic E-state index is -0.998. The molecule has 7 heteroatoms. The Balaban J connectivity index is 2.25. The number of carbonyl (C=O) groups is 1. The lowest BCUT2D eigenvalue weighted by molar-refractivity contribution is -0.131. The summed E-state index contributed by atoms with van der Waals surface area (Å²) < 4.78 is 2.73. The Labute approximate surface area is 106 Å². The Bertz CT molecular complexity index is 651. The van der Waals surface area contributed by atoms with E-state index in [1.165, 1.54) is 33.0 Å². The number of hydrogen-bond donors (Lipinski definition) is 1. The highest BCUT2D eigenvalue weighted by Gasteiger charge is 2.07. The van der Waals surface area contributed by atoms with Crippen LogP contribution >= 0.6 is 11.3 Å². The topological polar surface area (TPSA) is 77.1 Å². The normalized spacial score (nSPS) is 11.2. The summed E-state index contributed by atoms with van der Waals surface area (Å²) in [5.41, 5.74) is 0.594. The molecule has 0 unspecified atom stereocenters. The second-order valence-corrected chi connectivity index (χ2v) is 4.65. The van der Waals surface area contributed by atoms with Gasteiger partial charge < -0.3 is 5.11 Å². The maximum atomic E-state index is 11.6. The van der Waals surface area contributed by atoms with E-state index in [0.717, 1.165) is 16.5 Å². The summed E-state index contributed by atoms with van der Waals surface area (Å²) in [6.45, 7) is 0.344. The average Bonchev–Trinajstić information content (AvgIpc) is 2.88. The average molecular weight is 265 g/mol. The third-order valence-electron chi connectivity index (χ3n) is 2.37. The molecule has 2 aromatic heterocycles. The molecule has 0 radical (unpaired) electrons. The molecule has 2 heterocycles. The van der Waals surface area contributed by atoms with Crippen LogP contribution in [0.1, 0.15) is 10.4 Å². The molecule has 0 aliphatic carbocycles. The van der Waals surface area contributed by atoms with Crippen LogP contribution in [0.3, 0.4) is 0 Å². The van der Waals surface area contributed by atoms with Crippen LogP contribution < -0.4 is 5.69 Å². The maximum Gasteiger partial charge on any atom is 0.345 e. The van der Waals surface area contributed by atoms with E-state index in [9.17, 15) is 9.59 Å². The predicted molar refractivity (Wildman–Crippen MR) is 67.6 cm³/mol. The number of carboxylic acids is 1. The number of aryl methyl sites for hydroxylation is 1. The van der Waals surface area contributed by atoms with Crippen LogP contribution in [0.4, 0.5) is 0 Å². The fourth-order valence-corrected chi connectivity index (χ4v) is 2.30. The van der Waals surface area contributed by atoms with Crippen LogP contribution in [-0.4, -0.2) is 25.4 Å². The zero-order chi connectivity index (χ0) is 13.1. The Morgan fingerprint density at radius 2 is 2.39 bits per heavy atom. The van der Waals surface area contributed by atoms with Crippen LogP contribution in [0.2, 0.25) is 0 Å². The van der Waals surface area contributed by atoms with E-state index >= 15 is 0 Å². The number of rotatable bonds is 4. The van der Waals surface area contributed by atoms with Crippen molar-refractivity contribution in [2.75, 3.05) is 0 Å². The lowest BCUT2D eigenvalue weighted by Gasteiger charge is -1.98. The molecule has 18 heavy (non-hydrogen) atoms. The van der Waals surface area contributed by atoms with Crippen molar-refractivity contribution in [3.8, 4) is 0 Å². The minimum Gasteiger partial charge on any atom is -0.478 e. The largest absolute Gasteiger partial charge is 0.478 e. The fraction of sp³-hybridized carbons (Fsp3) is 0.182. The van der Waals surface area contributed by atoms with Gasteiger partial charge in [0.15, 0.2) is 0 Å². The Morgan fingerprint density at radius 3 is 3.00 bits per heavy atom. The van der Waals surface area contributed by atoms with Gasteiger partial charge >= 0.3 is 11.7 Å². The van der Waals surface area contributed by atoms with E-state index in [1.807, 2.05) is 11.4 Å². The minimum absolute atomic E-state index is 0.198. The van der Waals surface area contributed by atoms with Gasteiger partial charge in [-0.05, 0) is 23.1 Å². The molecule has 6 nitrogen and oxygen atoms in total. The first kappa shape index (κ1) is 12.3. The number of hydrogen-bond acceptors (Lipinski definition) is 4. The number of carboxylic acid groups (broad SMARTS) is 1. The summed E-state index contributed by atoms with van der Waals surface area (Å²) in [7, 11) is 1.63. The summed E-state index contributed by atoms with van der Waals surface area (Å²) >= 11 is 1.46. The molecule has 2 aromatic rings. The first-order valence-electron chi connectivity index (χ1n) is 5.13. The number of nitrogens with zero attached hydrogens (tertiary/aromatic N) is 3. The van der Waals surface area contributed by atoms with Crippen molar-refractivity contribution in [2.24, 2.45) is 7.05 Å². The second-order valence-electron chi connectivity index (χ2n) is 3.65. The molecular formula is C11H11N3O3S. The van der Waals surface area contributed by atoms with Gasteiger partial charge in [0.1, 0.15) is 6.33 Å². The molecule has 0 atom stereocenters. The molecule has 0 saturated carbocycles. The molecular weight excluding hydrogens is 254 g/mol. The third-order valence-corrected chi connectivity index (χ3v) is 3.29. The van der Waals surface area contributed by atoms with Crippen molar-refractivity contribution in [1.29, 1.82) is 0 Å². The summed E-state index contributed by atoms with van der Waals surface area (Å²) in [4.78, 5) is 23.0. The van der Waals surface area contributed by atoms with E-state index in [1.54, 1.807) is 7.05 Å². The van der Waals surface area contributed by atoms with E-state index in [2.05, 4.69) is 5.10 Å². The molecule has 0 spiro atoms. The monoisotopic (exact) mass is 265 g/mol. The first-order chi connectivity index (χ1) is 8.58. The molecule has 0 saturated heterocycles. The zero-order valence-electron chi connectivity index (χ0n) is 9.61. The second kappa shape index (κ2) is 5.01. The standard InChI is InChI=1S/C11H11N3O3S/c1-13-7-12-14(11(13)17)6-9-8(4-5-18-9)2-3-10(15)16/h2-5,7H,6H2,1H3,(H,15,16)/b3-2+. The summed E-state index contributed by atoms with van der Waals surface area (Å²) in [5, 5.41) is 14.4. The molecule has 0 fully saturated rings. The zero-order valence-corrected chi connectivity index (χ0v) is 10.4. The highest BCUT2D eigenvalue weighted by Crippen LogP contribution is 2.18. The van der Waals surface area contributed by atoms with Gasteiger partial charge in [0.25, 0.3) is 0 Å². The smallest absolute Gasteiger partial charge is 0.345 e. The van der Waals surface area contributed by atoms with Gasteiger partial charge in [0.2, 0.25) is 0 Å². The van der Waals surface area contributed by atoms with Gasteiger partial charge in [-0.1, -0.05) is 0 Å². The molecule has 0 aromatic carbocycles. The fourth-order valence-electron chi connectivity index (χ4n) is 1.45. The Kier molecular flexibility index (Phi) is 3.42. The highest BCUT2D eigenvalue weighted by atomic mass is 32.1. The number of aromatic nitrogens is 3. The summed E-state index contributed by atoms with van der Waals surface area (Å²) in [5.74, 6) is -0.998. The van der Waals surface area contributed by atoms with Crippen LogP contribution in [-0.2, 0) is 18.4 Å². The van der Waals surface area contributed by atoms with E-state index in [0.29, 0.717) is 6.54 Å². The van der Waals surface area contributed by atoms with Crippen molar-refractivity contribution in [3.63, 3.8) is 0 Å². The lowest BCUT2D eigenvalue weighted by Crippen LogP contribution is -2.23. The quantitative estimate of drug-likeness (QED) is 0.829. The van der Waals surface area contributed by atoms with Crippen LogP contribution in [0.25, 0.3) is 6.08 Å². The van der Waals surface area contributed by atoms with Crippen LogP contribution in [0.15, 0.2) is 28.6 Å². The van der Waals surface area contributed by atoms with Gasteiger partial charge in [-0.15, -0.1) is 11.3 Å². The first-order valence-corrected chi connectivity index (χ1v) is 6.01. The van der Waals surface area contributed by atoms with Gasteiger partial charge in [0.05, 0.1) is 6.54 Å². The Hall–Kier alpha value is -2.15. The van der Waals surface area contributed by atoms with E-state index in [4.69, 9.17) is 5.11 Å². The highest BCUT2D eigenvalue weighted by molar-refractivity contribution is 7.10. The van der Waals surface area contributed by atoms with Gasteiger partial charge in [0, 0.05) is 18.0 Å². The summed E-state index contributed by atoms with van der Waals surface area (Å²) in [6.07, 6.45) is 4.04. The van der Waals surface area contributed by atoms with Gasteiger partial charge in [-0.2, -0.15) is 5.10 Å². The number of thiophene rings is 1. The maximum absolute atomic E-state index is 11.6. The molecule has 0 aliphatic rings. The predicted octanol–water partition coefficient (Wildman–Crippen LogP) is 0.789. The molecule has 1 N–H and O–H groups in total. The van der Waals surface area contributed by atoms with Crippen molar-refractivity contribution >= 4 is 23.4 Å². The molecule has 0 aliphatic heterocycles. The van der Waals surface area contributed by atoms with Crippen molar-refractivity contribution < 1.29 is 9.90 Å². The van der Waals surface area contributed by atoms with E-state index in [-0.39, 0.29) is 5.69 Å². The van der Waals surface area contributed by atoms with Crippen LogP contribution in [0.5, 0.6) is 0 Å². The summed E-state index contributed by atoms with van der Waals surface area (Å²) in [6, 6.07) is 1.81.